The fourth-order valence-corrected chi connectivity index (χ4v) is 4.69. The number of benzene rings is 1. The van der Waals surface area contributed by atoms with Gasteiger partial charge in [-0.2, -0.15) is 0 Å². The van der Waals surface area contributed by atoms with Gasteiger partial charge in [0.15, 0.2) is 0 Å². The lowest BCUT2D eigenvalue weighted by molar-refractivity contribution is -0.153. The van der Waals surface area contributed by atoms with Crippen LogP contribution in [0, 0.1) is 29.4 Å². The quantitative estimate of drug-likeness (QED) is 0.302. The van der Waals surface area contributed by atoms with E-state index < -0.39 is 77.9 Å². The molecule has 1 fully saturated rings. The topological polar surface area (TPSA) is 157 Å². The van der Waals surface area contributed by atoms with Crippen LogP contribution in [0.5, 0.6) is 0 Å². The van der Waals surface area contributed by atoms with E-state index in [1.54, 1.807) is 13.8 Å². The van der Waals surface area contributed by atoms with Gasteiger partial charge in [-0.1, -0.05) is 13.8 Å². The van der Waals surface area contributed by atoms with Crippen molar-refractivity contribution in [2.45, 2.75) is 70.2 Å². The third kappa shape index (κ3) is 9.02. The van der Waals surface area contributed by atoms with Crippen LogP contribution in [-0.2, 0) is 35.1 Å². The highest BCUT2D eigenvalue weighted by Crippen LogP contribution is 2.31. The molecule has 0 aromatic heterocycles. The number of ether oxygens (including phenoxy) is 2. The Bertz CT molecular complexity index is 963. The third-order valence-corrected chi connectivity index (χ3v) is 6.67. The maximum Gasteiger partial charge on any atom is 0.308 e. The molecule has 2 amide bonds. The molecular weight excluding hydrogens is 504 g/mol. The normalized spacial score (nSPS) is 21.7. The molecule has 38 heavy (non-hydrogen) atoms. The molecule has 1 aromatic carbocycles. The highest BCUT2D eigenvalue weighted by Gasteiger charge is 2.39. The molecule has 6 atom stereocenters. The zero-order chi connectivity index (χ0) is 28.6. The lowest BCUT2D eigenvalue weighted by Gasteiger charge is -2.34. The maximum atomic E-state index is 13.4. The monoisotopic (exact) mass is 541 g/mol. The average Bonchev–Trinajstić information content (AvgIpc) is 2.84. The van der Waals surface area contributed by atoms with E-state index in [2.05, 4.69) is 10.6 Å². The number of hydrogen-bond donors (Lipinski definition) is 4. The Morgan fingerprint density at radius 1 is 1.00 bits per heavy atom. The molecule has 0 radical (unpaired) electrons. The van der Waals surface area contributed by atoms with Crippen molar-refractivity contribution in [1.82, 2.24) is 10.6 Å². The van der Waals surface area contributed by atoms with Crippen molar-refractivity contribution >= 4 is 23.8 Å². The van der Waals surface area contributed by atoms with Crippen LogP contribution in [0.2, 0.25) is 0 Å². The molecule has 1 aliphatic carbocycles. The van der Waals surface area contributed by atoms with E-state index in [9.17, 15) is 33.1 Å². The first kappa shape index (κ1) is 31.1. The van der Waals surface area contributed by atoms with Gasteiger partial charge in [-0.15, -0.1) is 0 Å². The van der Waals surface area contributed by atoms with Gasteiger partial charge in [0.25, 0.3) is 0 Å². The molecular formula is C26H37F2N3O7. The van der Waals surface area contributed by atoms with E-state index in [-0.39, 0.29) is 37.2 Å². The summed E-state index contributed by atoms with van der Waals surface area (Å²) in [4.78, 5) is 50.0. The number of aliphatic hydroxyl groups excluding tert-OH is 1. The molecule has 212 valence electrons. The van der Waals surface area contributed by atoms with Gasteiger partial charge in [0.1, 0.15) is 17.7 Å². The fourth-order valence-electron chi connectivity index (χ4n) is 4.69. The van der Waals surface area contributed by atoms with Crippen LogP contribution >= 0.6 is 0 Å². The molecule has 5 N–H and O–H groups in total. The van der Waals surface area contributed by atoms with Crippen LogP contribution < -0.4 is 16.4 Å². The Balaban J connectivity index is 2.00. The molecule has 0 saturated heterocycles. The Kier molecular flexibility index (Phi) is 11.6. The van der Waals surface area contributed by atoms with Gasteiger partial charge in [0, 0.05) is 18.2 Å². The largest absolute Gasteiger partial charge is 0.469 e. The van der Waals surface area contributed by atoms with E-state index in [0.717, 1.165) is 12.1 Å². The van der Waals surface area contributed by atoms with Gasteiger partial charge < -0.3 is 30.9 Å². The van der Waals surface area contributed by atoms with Crippen molar-refractivity contribution < 1.29 is 42.5 Å². The van der Waals surface area contributed by atoms with Crippen LogP contribution in [0.1, 0.15) is 45.1 Å². The summed E-state index contributed by atoms with van der Waals surface area (Å²) in [5.41, 5.74) is 6.17. The first-order chi connectivity index (χ1) is 17.8. The lowest BCUT2D eigenvalue weighted by atomic mass is 9.78. The molecule has 1 saturated carbocycles. The number of nitrogens with one attached hydrogen (secondary N) is 2. The van der Waals surface area contributed by atoms with E-state index in [4.69, 9.17) is 15.2 Å². The first-order valence-electron chi connectivity index (χ1n) is 12.5. The number of hydrogen-bond acceptors (Lipinski definition) is 8. The first-order valence-corrected chi connectivity index (χ1v) is 12.5. The summed E-state index contributed by atoms with van der Waals surface area (Å²) in [6.45, 7) is 3.45. The predicted molar refractivity (Wildman–Crippen MR) is 132 cm³/mol. The summed E-state index contributed by atoms with van der Waals surface area (Å²) in [6, 6.07) is 0.410. The van der Waals surface area contributed by atoms with E-state index >= 15 is 0 Å². The smallest absolute Gasteiger partial charge is 0.308 e. The molecule has 1 aromatic rings. The third-order valence-electron chi connectivity index (χ3n) is 6.67. The molecule has 1 aliphatic rings. The van der Waals surface area contributed by atoms with E-state index in [1.165, 1.54) is 14.2 Å². The number of methoxy groups -OCH3 is 2. The van der Waals surface area contributed by atoms with Crippen LogP contribution in [0.25, 0.3) is 0 Å². The van der Waals surface area contributed by atoms with Crippen molar-refractivity contribution in [2.75, 3.05) is 14.2 Å². The maximum absolute atomic E-state index is 13.4. The Labute approximate surface area is 220 Å². The second-order valence-corrected chi connectivity index (χ2v) is 10.1. The minimum absolute atomic E-state index is 0.0678. The summed E-state index contributed by atoms with van der Waals surface area (Å²) >= 11 is 0. The van der Waals surface area contributed by atoms with Crippen LogP contribution in [0.4, 0.5) is 8.78 Å². The van der Waals surface area contributed by atoms with Crippen molar-refractivity contribution in [2.24, 2.45) is 23.5 Å². The number of halogens is 2. The van der Waals surface area contributed by atoms with Gasteiger partial charge in [-0.05, 0) is 49.3 Å². The van der Waals surface area contributed by atoms with Crippen LogP contribution in [-0.4, -0.2) is 67.3 Å². The van der Waals surface area contributed by atoms with Crippen molar-refractivity contribution in [3.63, 3.8) is 0 Å². The number of nitrogens with two attached hydrogens (primary N) is 1. The fraction of sp³-hybridized carbons (Fsp3) is 0.615. The van der Waals surface area contributed by atoms with Crippen LogP contribution in [0.3, 0.4) is 0 Å². The zero-order valence-electron chi connectivity index (χ0n) is 22.0. The molecule has 0 bridgehead atoms. The average molecular weight is 542 g/mol. The predicted octanol–water partition coefficient (Wildman–Crippen LogP) is 0.974. The molecule has 10 nitrogen and oxygen atoms in total. The van der Waals surface area contributed by atoms with Gasteiger partial charge in [0.05, 0.1) is 38.6 Å². The lowest BCUT2D eigenvalue weighted by Crippen LogP contribution is -2.54. The van der Waals surface area contributed by atoms with Crippen LogP contribution in [0.15, 0.2) is 18.2 Å². The van der Waals surface area contributed by atoms with Gasteiger partial charge >= 0.3 is 11.9 Å². The molecule has 0 spiro atoms. The Morgan fingerprint density at radius 3 is 2.00 bits per heavy atom. The molecule has 0 aliphatic heterocycles. The van der Waals surface area contributed by atoms with Gasteiger partial charge in [-0.3, -0.25) is 19.2 Å². The molecule has 0 heterocycles. The van der Waals surface area contributed by atoms with Gasteiger partial charge in [-0.25, -0.2) is 8.78 Å². The molecule has 1 unspecified atom stereocenters. The molecule has 2 rings (SSSR count). The standard InChI is InChI=1S/C26H37F2N3O7/c1-13(2)23(24(34)30-19-9-15(25(35)37-3)8-16(10-19)26(36)38-4)31-22(33)12-21(32)20(29)7-14-5-17(27)11-18(28)6-14/h5-6,11,13,15-16,19-21,23,32H,7-10,12,29H2,1-4H3,(H,30,34)(H,31,33)/t15-,16+,19?,20-,21-,23-/m0/s1. The number of carbonyl (C=O) groups excluding carboxylic acids is 4. The SMILES string of the molecule is COC(=O)[C@@H]1CC(NC(=O)[C@@H](NC(=O)C[C@H](O)[C@@H](N)Cc2cc(F)cc(F)c2)C(C)C)C[C@H](C(=O)OC)C1. The highest BCUT2D eigenvalue weighted by atomic mass is 19.1. The minimum Gasteiger partial charge on any atom is -0.469 e. The van der Waals surface area contributed by atoms with E-state index in [0.29, 0.717) is 6.07 Å². The summed E-state index contributed by atoms with van der Waals surface area (Å²) in [5.74, 6) is -5.22. The highest BCUT2D eigenvalue weighted by molar-refractivity contribution is 5.88. The Morgan fingerprint density at radius 2 is 1.53 bits per heavy atom. The molecule has 12 heteroatoms. The van der Waals surface area contributed by atoms with Crippen molar-refractivity contribution in [3.05, 3.63) is 35.4 Å². The summed E-state index contributed by atoms with van der Waals surface area (Å²) in [7, 11) is 2.50. The zero-order valence-corrected chi connectivity index (χ0v) is 22.0. The Hall–Kier alpha value is -3.12. The number of rotatable bonds is 11. The number of esters is 2. The number of amides is 2. The minimum atomic E-state index is -1.34. The summed E-state index contributed by atoms with van der Waals surface area (Å²) in [6.07, 6.45) is -1.07. The number of aliphatic hydroxyl groups is 1. The summed E-state index contributed by atoms with van der Waals surface area (Å²) in [5, 5.41) is 15.8. The van der Waals surface area contributed by atoms with Crippen molar-refractivity contribution in [1.29, 1.82) is 0 Å². The van der Waals surface area contributed by atoms with Crippen molar-refractivity contribution in [3.8, 4) is 0 Å². The van der Waals surface area contributed by atoms with E-state index in [1.807, 2.05) is 0 Å². The number of carbonyl (C=O) groups is 4. The second-order valence-electron chi connectivity index (χ2n) is 10.1. The van der Waals surface area contributed by atoms with Gasteiger partial charge in [0.2, 0.25) is 11.8 Å². The second kappa shape index (κ2) is 14.1. The summed E-state index contributed by atoms with van der Waals surface area (Å²) < 4.78 is 36.5.